The molecule has 1 aliphatic rings. The molecule has 0 amide bonds. The Morgan fingerprint density at radius 1 is 1.44 bits per heavy atom. The maximum Gasteiger partial charge on any atom is 0.147 e. The van der Waals surface area contributed by atoms with Crippen molar-refractivity contribution in [2.75, 3.05) is 5.73 Å². The van der Waals surface area contributed by atoms with Crippen LogP contribution in [-0.4, -0.2) is 6.10 Å². The molecule has 2 N–H and O–H groups in total. The van der Waals surface area contributed by atoms with Gasteiger partial charge < -0.3 is 10.5 Å². The Labute approximate surface area is 99.5 Å². The van der Waals surface area contributed by atoms with Crippen LogP contribution in [0.3, 0.4) is 0 Å². The highest BCUT2D eigenvalue weighted by Crippen LogP contribution is 2.34. The lowest BCUT2D eigenvalue weighted by molar-refractivity contribution is 0.168. The van der Waals surface area contributed by atoms with Gasteiger partial charge >= 0.3 is 0 Å². The molecule has 1 aliphatic carbocycles. The number of ether oxygens (including phenoxy) is 1. The summed E-state index contributed by atoms with van der Waals surface area (Å²) in [4.78, 5) is 0. The van der Waals surface area contributed by atoms with Crippen LogP contribution in [0, 0.1) is 11.7 Å². The van der Waals surface area contributed by atoms with Crippen molar-refractivity contribution in [2.24, 2.45) is 5.92 Å². The molecule has 0 spiro atoms. The first-order chi connectivity index (χ1) is 7.58. The van der Waals surface area contributed by atoms with Crippen molar-refractivity contribution in [3.8, 4) is 5.75 Å². The largest absolute Gasteiger partial charge is 0.489 e. The summed E-state index contributed by atoms with van der Waals surface area (Å²) in [5.41, 5.74) is 5.56. The van der Waals surface area contributed by atoms with Gasteiger partial charge in [0.15, 0.2) is 0 Å². The third-order valence-corrected chi connectivity index (χ3v) is 3.41. The minimum absolute atomic E-state index is 0.0741. The molecule has 1 saturated carbocycles. The van der Waals surface area contributed by atoms with Gasteiger partial charge in [-0.25, -0.2) is 4.39 Å². The van der Waals surface area contributed by atoms with Crippen LogP contribution in [0.15, 0.2) is 12.1 Å². The second kappa shape index (κ2) is 4.50. The molecule has 1 aromatic rings. The average molecular weight is 244 g/mol. The van der Waals surface area contributed by atoms with Gasteiger partial charge in [-0.15, -0.1) is 0 Å². The van der Waals surface area contributed by atoms with Crippen molar-refractivity contribution < 1.29 is 9.13 Å². The molecule has 0 bridgehead atoms. The topological polar surface area (TPSA) is 35.2 Å². The van der Waals surface area contributed by atoms with E-state index in [2.05, 4.69) is 6.92 Å². The molecule has 2 rings (SSSR count). The van der Waals surface area contributed by atoms with E-state index in [4.69, 9.17) is 22.1 Å². The van der Waals surface area contributed by atoms with Crippen LogP contribution in [-0.2, 0) is 0 Å². The molecule has 0 aliphatic heterocycles. The van der Waals surface area contributed by atoms with E-state index in [0.717, 1.165) is 6.42 Å². The third kappa shape index (κ3) is 2.24. The van der Waals surface area contributed by atoms with E-state index >= 15 is 0 Å². The van der Waals surface area contributed by atoms with Gasteiger partial charge in [0.25, 0.3) is 0 Å². The van der Waals surface area contributed by atoms with E-state index in [-0.39, 0.29) is 16.8 Å². The molecular formula is C12H15ClFNO. The summed E-state index contributed by atoms with van der Waals surface area (Å²) in [5, 5.41) is 0.283. The molecule has 1 aromatic carbocycles. The summed E-state index contributed by atoms with van der Waals surface area (Å²) in [7, 11) is 0. The van der Waals surface area contributed by atoms with E-state index in [0.29, 0.717) is 11.7 Å². The number of benzene rings is 1. The molecule has 2 nitrogen and oxygen atoms in total. The van der Waals surface area contributed by atoms with Gasteiger partial charge in [0.05, 0.1) is 10.7 Å². The minimum Gasteiger partial charge on any atom is -0.489 e. The summed E-state index contributed by atoms with van der Waals surface area (Å²) in [6.07, 6.45) is 3.52. The van der Waals surface area contributed by atoms with Gasteiger partial charge in [0.1, 0.15) is 17.7 Å². The summed E-state index contributed by atoms with van der Waals surface area (Å²) in [6.45, 7) is 2.15. The minimum atomic E-state index is -0.503. The van der Waals surface area contributed by atoms with Gasteiger partial charge in [0.2, 0.25) is 0 Å². The van der Waals surface area contributed by atoms with Crippen molar-refractivity contribution in [3.05, 3.63) is 23.0 Å². The Balaban J connectivity index is 2.18. The van der Waals surface area contributed by atoms with Gasteiger partial charge in [-0.1, -0.05) is 18.5 Å². The molecule has 88 valence electrons. The first kappa shape index (κ1) is 11.5. The third-order valence-electron chi connectivity index (χ3n) is 3.11. The van der Waals surface area contributed by atoms with Gasteiger partial charge in [0, 0.05) is 6.07 Å². The maximum absolute atomic E-state index is 13.1. The SMILES string of the molecule is CC1CCCC1Oc1cc(N)c(F)cc1Cl. The standard InChI is InChI=1S/C12H15ClFNO/c1-7-3-2-4-11(7)16-12-6-10(15)9(14)5-8(12)13/h5-7,11H,2-4,15H2,1H3. The van der Waals surface area contributed by atoms with Crippen LogP contribution in [0.2, 0.25) is 5.02 Å². The fraction of sp³-hybridized carbons (Fsp3) is 0.500. The number of nitrogens with two attached hydrogens (primary N) is 1. The summed E-state index contributed by atoms with van der Waals surface area (Å²) in [6, 6.07) is 2.66. The quantitative estimate of drug-likeness (QED) is 0.805. The number of nitrogen functional groups attached to an aromatic ring is 1. The van der Waals surface area contributed by atoms with E-state index in [1.54, 1.807) is 0 Å². The Morgan fingerprint density at radius 3 is 2.81 bits per heavy atom. The molecule has 16 heavy (non-hydrogen) atoms. The highest BCUT2D eigenvalue weighted by molar-refractivity contribution is 6.32. The predicted octanol–water partition coefficient (Wildman–Crippen LogP) is 3.63. The summed E-state index contributed by atoms with van der Waals surface area (Å²) >= 11 is 5.91. The highest BCUT2D eigenvalue weighted by Gasteiger charge is 2.25. The molecule has 0 saturated heterocycles. The van der Waals surface area contributed by atoms with Crippen LogP contribution in [0.1, 0.15) is 26.2 Å². The first-order valence-electron chi connectivity index (χ1n) is 5.49. The number of halogens is 2. The van der Waals surface area contributed by atoms with Crippen LogP contribution < -0.4 is 10.5 Å². The maximum atomic E-state index is 13.1. The first-order valence-corrected chi connectivity index (χ1v) is 5.87. The average Bonchev–Trinajstić information content (AvgIpc) is 2.61. The van der Waals surface area contributed by atoms with Gasteiger partial charge in [-0.3, -0.25) is 0 Å². The normalized spacial score (nSPS) is 24.7. The zero-order chi connectivity index (χ0) is 11.7. The molecule has 2 unspecified atom stereocenters. The van der Waals surface area contributed by atoms with Crippen molar-refractivity contribution in [1.29, 1.82) is 0 Å². The zero-order valence-electron chi connectivity index (χ0n) is 9.17. The van der Waals surface area contributed by atoms with Crippen LogP contribution in [0.4, 0.5) is 10.1 Å². The van der Waals surface area contributed by atoms with E-state index < -0.39 is 5.82 Å². The van der Waals surface area contributed by atoms with Crippen molar-refractivity contribution in [3.63, 3.8) is 0 Å². The predicted molar refractivity (Wildman–Crippen MR) is 63.3 cm³/mol. The van der Waals surface area contributed by atoms with E-state index in [1.807, 2.05) is 0 Å². The van der Waals surface area contributed by atoms with E-state index in [1.165, 1.54) is 25.0 Å². The fourth-order valence-electron chi connectivity index (χ4n) is 2.08. The number of rotatable bonds is 2. The molecule has 1 fully saturated rings. The zero-order valence-corrected chi connectivity index (χ0v) is 9.93. The lowest BCUT2D eigenvalue weighted by Crippen LogP contribution is -2.19. The Kier molecular flexibility index (Phi) is 3.24. The molecule has 4 heteroatoms. The fourth-order valence-corrected chi connectivity index (χ4v) is 2.28. The monoisotopic (exact) mass is 243 g/mol. The number of hydrogen-bond acceptors (Lipinski definition) is 2. The molecule has 0 heterocycles. The Morgan fingerprint density at radius 2 is 2.19 bits per heavy atom. The van der Waals surface area contributed by atoms with Crippen LogP contribution in [0.5, 0.6) is 5.75 Å². The lowest BCUT2D eigenvalue weighted by atomic mass is 10.1. The molecule has 0 radical (unpaired) electrons. The van der Waals surface area contributed by atoms with E-state index in [9.17, 15) is 4.39 Å². The highest BCUT2D eigenvalue weighted by atomic mass is 35.5. The lowest BCUT2D eigenvalue weighted by Gasteiger charge is -2.19. The van der Waals surface area contributed by atoms with Crippen molar-refractivity contribution in [2.45, 2.75) is 32.3 Å². The number of anilines is 1. The Bertz CT molecular complexity index is 397. The van der Waals surface area contributed by atoms with Gasteiger partial charge in [-0.05, 0) is 31.2 Å². The molecule has 0 aromatic heterocycles. The van der Waals surface area contributed by atoms with Crippen LogP contribution >= 0.6 is 11.6 Å². The molecular weight excluding hydrogens is 229 g/mol. The summed E-state index contributed by atoms with van der Waals surface area (Å²) in [5.74, 6) is 0.499. The second-order valence-electron chi connectivity index (χ2n) is 4.37. The smallest absolute Gasteiger partial charge is 0.147 e. The summed E-state index contributed by atoms with van der Waals surface area (Å²) < 4.78 is 18.9. The van der Waals surface area contributed by atoms with Crippen molar-refractivity contribution >= 4 is 17.3 Å². The van der Waals surface area contributed by atoms with Gasteiger partial charge in [-0.2, -0.15) is 0 Å². The Hall–Kier alpha value is -0.960. The number of hydrogen-bond donors (Lipinski definition) is 1. The molecule has 2 atom stereocenters. The van der Waals surface area contributed by atoms with Crippen molar-refractivity contribution in [1.82, 2.24) is 0 Å². The van der Waals surface area contributed by atoms with Crippen LogP contribution in [0.25, 0.3) is 0 Å². The second-order valence-corrected chi connectivity index (χ2v) is 4.78.